The maximum absolute atomic E-state index is 4.58. The molecule has 0 unspecified atom stereocenters. The minimum absolute atomic E-state index is 0.980. The first-order chi connectivity index (χ1) is 11.7. The Morgan fingerprint density at radius 1 is 0.792 bits per heavy atom. The summed E-state index contributed by atoms with van der Waals surface area (Å²) in [4.78, 5) is 13.8. The lowest BCUT2D eigenvalue weighted by molar-refractivity contribution is 0.649. The van der Waals surface area contributed by atoms with Gasteiger partial charge in [0.15, 0.2) is 0 Å². The molecule has 122 valence electrons. The van der Waals surface area contributed by atoms with Gasteiger partial charge in [0.25, 0.3) is 0 Å². The zero-order chi connectivity index (χ0) is 16.5. The van der Waals surface area contributed by atoms with E-state index >= 15 is 0 Å². The van der Waals surface area contributed by atoms with Gasteiger partial charge in [0, 0.05) is 37.3 Å². The Morgan fingerprint density at radius 3 is 2.33 bits per heavy atom. The zero-order valence-corrected chi connectivity index (χ0v) is 14.2. The monoisotopic (exact) mass is 318 g/mol. The highest BCUT2D eigenvalue weighted by Crippen LogP contribution is 2.26. The van der Waals surface area contributed by atoms with Crippen molar-refractivity contribution in [3.8, 4) is 0 Å². The number of rotatable bonds is 2. The van der Waals surface area contributed by atoms with E-state index in [2.05, 4.69) is 76.1 Å². The number of hydrogen-bond acceptors (Lipinski definition) is 4. The number of aryl methyl sites for hydroxylation is 2. The fourth-order valence-corrected chi connectivity index (χ4v) is 3.41. The Morgan fingerprint density at radius 2 is 1.54 bits per heavy atom. The summed E-state index contributed by atoms with van der Waals surface area (Å²) >= 11 is 0. The van der Waals surface area contributed by atoms with Gasteiger partial charge in [-0.1, -0.05) is 23.8 Å². The van der Waals surface area contributed by atoms with Gasteiger partial charge in [0.2, 0.25) is 0 Å². The molecule has 0 N–H and O–H groups in total. The van der Waals surface area contributed by atoms with Crippen molar-refractivity contribution in [2.75, 3.05) is 36.0 Å². The van der Waals surface area contributed by atoms with E-state index in [9.17, 15) is 0 Å². The first-order valence-electron chi connectivity index (χ1n) is 8.49. The van der Waals surface area contributed by atoms with E-state index in [1.165, 1.54) is 16.8 Å². The largest absolute Gasteiger partial charge is 0.368 e. The van der Waals surface area contributed by atoms with Crippen molar-refractivity contribution in [1.82, 2.24) is 9.97 Å². The average molecular weight is 318 g/mol. The van der Waals surface area contributed by atoms with Crippen LogP contribution in [0, 0.1) is 13.8 Å². The summed E-state index contributed by atoms with van der Waals surface area (Å²) in [7, 11) is 0. The van der Waals surface area contributed by atoms with Gasteiger partial charge in [-0.2, -0.15) is 0 Å². The third-order valence-corrected chi connectivity index (χ3v) is 4.72. The van der Waals surface area contributed by atoms with Crippen molar-refractivity contribution in [1.29, 1.82) is 0 Å². The van der Waals surface area contributed by atoms with Crippen LogP contribution in [-0.2, 0) is 0 Å². The highest BCUT2D eigenvalue weighted by atomic mass is 15.3. The summed E-state index contributed by atoms with van der Waals surface area (Å²) < 4.78 is 0. The normalized spacial score (nSPS) is 15.1. The minimum atomic E-state index is 0.980. The topological polar surface area (TPSA) is 32.3 Å². The lowest BCUT2D eigenvalue weighted by Gasteiger charge is -2.37. The van der Waals surface area contributed by atoms with Gasteiger partial charge >= 0.3 is 0 Å². The van der Waals surface area contributed by atoms with E-state index in [0.717, 1.165) is 42.9 Å². The number of anilines is 2. The van der Waals surface area contributed by atoms with E-state index < -0.39 is 0 Å². The highest BCUT2D eigenvalue weighted by Gasteiger charge is 2.20. The van der Waals surface area contributed by atoms with Crippen molar-refractivity contribution in [2.24, 2.45) is 0 Å². The lowest BCUT2D eigenvalue weighted by Crippen LogP contribution is -2.47. The molecule has 1 aliphatic heterocycles. The Hall–Kier alpha value is -2.62. The lowest BCUT2D eigenvalue weighted by atomic mass is 10.1. The Bertz CT molecular complexity index is 866. The predicted molar refractivity (Wildman–Crippen MR) is 99.9 cm³/mol. The molecule has 0 saturated carbocycles. The molecule has 1 aliphatic rings. The molecule has 4 rings (SSSR count). The van der Waals surface area contributed by atoms with Crippen LogP contribution in [0.25, 0.3) is 10.9 Å². The second kappa shape index (κ2) is 6.11. The molecule has 2 heterocycles. The van der Waals surface area contributed by atoms with Crippen LogP contribution in [0.3, 0.4) is 0 Å². The molecule has 0 radical (unpaired) electrons. The Balaban J connectivity index is 1.57. The first kappa shape index (κ1) is 14.9. The van der Waals surface area contributed by atoms with Gasteiger partial charge in [-0.3, -0.25) is 0 Å². The highest BCUT2D eigenvalue weighted by molar-refractivity contribution is 5.89. The molecule has 0 amide bonds. The van der Waals surface area contributed by atoms with Crippen LogP contribution in [-0.4, -0.2) is 36.1 Å². The van der Waals surface area contributed by atoms with Crippen molar-refractivity contribution in [3.05, 3.63) is 59.9 Å². The van der Waals surface area contributed by atoms with Crippen molar-refractivity contribution < 1.29 is 0 Å². The fourth-order valence-electron chi connectivity index (χ4n) is 3.41. The molecule has 0 atom stereocenters. The number of aromatic nitrogens is 2. The summed E-state index contributed by atoms with van der Waals surface area (Å²) in [6, 6.07) is 15.1. The second-order valence-corrected chi connectivity index (χ2v) is 6.53. The maximum Gasteiger partial charge on any atom is 0.140 e. The van der Waals surface area contributed by atoms with Gasteiger partial charge in [0.05, 0.1) is 5.52 Å². The Kier molecular flexibility index (Phi) is 3.81. The summed E-state index contributed by atoms with van der Waals surface area (Å²) in [5.41, 5.74) is 4.90. The van der Waals surface area contributed by atoms with Gasteiger partial charge in [0.1, 0.15) is 12.1 Å². The molecule has 4 nitrogen and oxygen atoms in total. The van der Waals surface area contributed by atoms with Crippen LogP contribution >= 0.6 is 0 Å². The van der Waals surface area contributed by atoms with E-state index in [-0.39, 0.29) is 0 Å². The summed E-state index contributed by atoms with van der Waals surface area (Å²) in [5, 5.41) is 1.15. The maximum atomic E-state index is 4.58. The molecule has 1 fully saturated rings. The number of fused-ring (bicyclic) bond motifs is 1. The summed E-state index contributed by atoms with van der Waals surface area (Å²) in [5.74, 6) is 1.06. The SMILES string of the molecule is Cc1cccc(N2CCN(c3ncnc4ccc(C)cc34)CC2)c1. The molecule has 0 aliphatic carbocycles. The van der Waals surface area contributed by atoms with Crippen LogP contribution in [0.1, 0.15) is 11.1 Å². The van der Waals surface area contributed by atoms with E-state index in [4.69, 9.17) is 0 Å². The molecule has 24 heavy (non-hydrogen) atoms. The number of benzene rings is 2. The third-order valence-electron chi connectivity index (χ3n) is 4.72. The molecule has 1 aromatic heterocycles. The molecule has 2 aromatic carbocycles. The predicted octanol–water partition coefficient (Wildman–Crippen LogP) is 3.57. The van der Waals surface area contributed by atoms with E-state index in [1.807, 2.05) is 0 Å². The number of hydrogen-bond donors (Lipinski definition) is 0. The third kappa shape index (κ3) is 2.80. The number of piperazine rings is 1. The van der Waals surface area contributed by atoms with Crippen molar-refractivity contribution in [3.63, 3.8) is 0 Å². The average Bonchev–Trinajstić information content (AvgIpc) is 2.61. The van der Waals surface area contributed by atoms with E-state index in [0.29, 0.717) is 0 Å². The van der Waals surface area contributed by atoms with Crippen LogP contribution in [0.2, 0.25) is 0 Å². The first-order valence-corrected chi connectivity index (χ1v) is 8.49. The van der Waals surface area contributed by atoms with Crippen LogP contribution in [0.5, 0.6) is 0 Å². The molecule has 4 heteroatoms. The Labute approximate surface area is 142 Å². The van der Waals surface area contributed by atoms with Crippen LogP contribution in [0.4, 0.5) is 11.5 Å². The molecule has 3 aromatic rings. The van der Waals surface area contributed by atoms with Crippen LogP contribution in [0.15, 0.2) is 48.8 Å². The van der Waals surface area contributed by atoms with Gasteiger partial charge < -0.3 is 9.80 Å². The fraction of sp³-hybridized carbons (Fsp3) is 0.300. The molecule has 1 saturated heterocycles. The molecular weight excluding hydrogens is 296 g/mol. The van der Waals surface area contributed by atoms with Gasteiger partial charge in [-0.25, -0.2) is 9.97 Å². The van der Waals surface area contributed by atoms with Crippen molar-refractivity contribution in [2.45, 2.75) is 13.8 Å². The smallest absolute Gasteiger partial charge is 0.140 e. The second-order valence-electron chi connectivity index (χ2n) is 6.53. The minimum Gasteiger partial charge on any atom is -0.368 e. The van der Waals surface area contributed by atoms with E-state index in [1.54, 1.807) is 6.33 Å². The standard InChI is InChI=1S/C20H22N4/c1-15-4-3-5-17(12-15)23-8-10-24(11-9-23)20-18-13-16(2)6-7-19(18)21-14-22-20/h3-7,12-14H,8-11H2,1-2H3. The van der Waals surface area contributed by atoms with Gasteiger partial charge in [-0.15, -0.1) is 0 Å². The van der Waals surface area contributed by atoms with Crippen molar-refractivity contribution >= 4 is 22.4 Å². The molecular formula is C20H22N4. The quantitative estimate of drug-likeness (QED) is 0.723. The van der Waals surface area contributed by atoms with Gasteiger partial charge in [-0.05, 0) is 43.7 Å². The summed E-state index contributed by atoms with van der Waals surface area (Å²) in [6.07, 6.45) is 1.68. The van der Waals surface area contributed by atoms with Crippen LogP contribution < -0.4 is 9.80 Å². The summed E-state index contributed by atoms with van der Waals surface area (Å²) in [6.45, 7) is 8.25. The molecule has 0 bridgehead atoms. The molecule has 0 spiro atoms. The number of nitrogens with zero attached hydrogens (tertiary/aromatic N) is 4. The zero-order valence-electron chi connectivity index (χ0n) is 14.2.